The summed E-state index contributed by atoms with van der Waals surface area (Å²) in [5.41, 5.74) is 6.58. The summed E-state index contributed by atoms with van der Waals surface area (Å²) in [5.74, 6) is 0.756. The maximum Gasteiger partial charge on any atom is 0.255 e. The standard InChI is InChI=1S/C12H13N3O3/c1-17-11-6-8(13)2-3-10(11)12(16)14-7-9-4-5-15-18-9/h2-6H,7,13H2,1H3,(H,14,16). The molecule has 2 aromatic rings. The number of aromatic nitrogens is 1. The zero-order chi connectivity index (χ0) is 13.0. The SMILES string of the molecule is COc1cc(N)ccc1C(=O)NCc1ccno1. The molecule has 3 N–H and O–H groups in total. The number of rotatable bonds is 4. The molecular formula is C12H13N3O3. The lowest BCUT2D eigenvalue weighted by atomic mass is 10.1. The Kier molecular flexibility index (Phi) is 3.47. The zero-order valence-corrected chi connectivity index (χ0v) is 9.84. The Morgan fingerprint density at radius 2 is 2.33 bits per heavy atom. The third-order valence-corrected chi connectivity index (χ3v) is 2.38. The molecule has 0 radical (unpaired) electrons. The second kappa shape index (κ2) is 5.22. The minimum Gasteiger partial charge on any atom is -0.496 e. The van der Waals surface area contributed by atoms with Gasteiger partial charge in [-0.15, -0.1) is 0 Å². The lowest BCUT2D eigenvalue weighted by Gasteiger charge is -2.09. The van der Waals surface area contributed by atoms with Crippen molar-refractivity contribution in [3.8, 4) is 5.75 Å². The summed E-state index contributed by atoms with van der Waals surface area (Å²) >= 11 is 0. The van der Waals surface area contributed by atoms with Crippen molar-refractivity contribution in [3.05, 3.63) is 41.8 Å². The van der Waals surface area contributed by atoms with E-state index >= 15 is 0 Å². The smallest absolute Gasteiger partial charge is 0.255 e. The Hall–Kier alpha value is -2.50. The first-order valence-corrected chi connectivity index (χ1v) is 5.32. The number of carbonyl (C=O) groups excluding carboxylic acids is 1. The van der Waals surface area contributed by atoms with Crippen molar-refractivity contribution in [1.29, 1.82) is 0 Å². The normalized spacial score (nSPS) is 10.1. The molecule has 94 valence electrons. The quantitative estimate of drug-likeness (QED) is 0.792. The summed E-state index contributed by atoms with van der Waals surface area (Å²) in [6, 6.07) is 6.54. The highest BCUT2D eigenvalue weighted by Crippen LogP contribution is 2.21. The van der Waals surface area contributed by atoms with Crippen LogP contribution in [0.3, 0.4) is 0 Å². The first-order valence-electron chi connectivity index (χ1n) is 5.32. The molecule has 0 unspecified atom stereocenters. The highest BCUT2D eigenvalue weighted by molar-refractivity contribution is 5.97. The highest BCUT2D eigenvalue weighted by atomic mass is 16.5. The highest BCUT2D eigenvalue weighted by Gasteiger charge is 2.12. The minimum atomic E-state index is -0.261. The molecule has 1 aromatic carbocycles. The van der Waals surface area contributed by atoms with Gasteiger partial charge in [0.1, 0.15) is 5.75 Å². The number of benzene rings is 1. The predicted octanol–water partition coefficient (Wildman–Crippen LogP) is 1.20. The van der Waals surface area contributed by atoms with E-state index in [1.807, 2.05) is 0 Å². The number of anilines is 1. The van der Waals surface area contributed by atoms with Crippen LogP contribution < -0.4 is 15.8 Å². The van der Waals surface area contributed by atoms with Gasteiger partial charge in [-0.05, 0) is 12.1 Å². The van der Waals surface area contributed by atoms with Crippen molar-refractivity contribution >= 4 is 11.6 Å². The van der Waals surface area contributed by atoms with Crippen molar-refractivity contribution < 1.29 is 14.1 Å². The summed E-state index contributed by atoms with van der Waals surface area (Å²) in [6.45, 7) is 0.270. The van der Waals surface area contributed by atoms with Gasteiger partial charge < -0.3 is 20.3 Å². The number of nitrogens with zero attached hydrogens (tertiary/aromatic N) is 1. The van der Waals surface area contributed by atoms with E-state index in [2.05, 4.69) is 10.5 Å². The number of ether oxygens (including phenoxy) is 1. The van der Waals surface area contributed by atoms with Crippen molar-refractivity contribution in [1.82, 2.24) is 10.5 Å². The predicted molar refractivity (Wildman–Crippen MR) is 65.1 cm³/mol. The number of nitrogens with two attached hydrogens (primary N) is 1. The molecule has 0 saturated carbocycles. The fraction of sp³-hybridized carbons (Fsp3) is 0.167. The van der Waals surface area contributed by atoms with Gasteiger partial charge in [-0.2, -0.15) is 0 Å². The molecule has 6 heteroatoms. The Morgan fingerprint density at radius 3 is 3.00 bits per heavy atom. The van der Waals surface area contributed by atoms with Crippen LogP contribution in [-0.2, 0) is 6.54 Å². The van der Waals surface area contributed by atoms with E-state index in [1.165, 1.54) is 13.3 Å². The van der Waals surface area contributed by atoms with E-state index in [0.29, 0.717) is 22.8 Å². The van der Waals surface area contributed by atoms with E-state index in [1.54, 1.807) is 24.3 Å². The molecule has 1 heterocycles. The fourth-order valence-corrected chi connectivity index (χ4v) is 1.49. The molecule has 0 atom stereocenters. The monoisotopic (exact) mass is 247 g/mol. The molecular weight excluding hydrogens is 234 g/mol. The molecule has 0 fully saturated rings. The summed E-state index contributed by atoms with van der Waals surface area (Å²) in [6.07, 6.45) is 1.52. The molecule has 1 aromatic heterocycles. The molecule has 0 aliphatic heterocycles. The van der Waals surface area contributed by atoms with Crippen molar-refractivity contribution in [2.24, 2.45) is 0 Å². The topological polar surface area (TPSA) is 90.4 Å². The van der Waals surface area contributed by atoms with E-state index in [-0.39, 0.29) is 12.5 Å². The number of nitrogen functional groups attached to an aromatic ring is 1. The largest absolute Gasteiger partial charge is 0.496 e. The lowest BCUT2D eigenvalue weighted by molar-refractivity contribution is 0.0944. The average molecular weight is 247 g/mol. The number of nitrogens with one attached hydrogen (secondary N) is 1. The number of methoxy groups -OCH3 is 1. The van der Waals surface area contributed by atoms with Crippen molar-refractivity contribution in [2.75, 3.05) is 12.8 Å². The first-order chi connectivity index (χ1) is 8.70. The molecule has 0 bridgehead atoms. The van der Waals surface area contributed by atoms with E-state index in [9.17, 15) is 4.79 Å². The van der Waals surface area contributed by atoms with Gasteiger partial charge in [-0.1, -0.05) is 5.16 Å². The van der Waals surface area contributed by atoms with Crippen LogP contribution in [0.4, 0.5) is 5.69 Å². The second-order valence-electron chi connectivity index (χ2n) is 3.62. The number of carbonyl (C=O) groups is 1. The molecule has 0 saturated heterocycles. The number of hydrogen-bond donors (Lipinski definition) is 2. The van der Waals surface area contributed by atoms with Crippen LogP contribution in [0.5, 0.6) is 5.75 Å². The Labute approximate surface area is 104 Å². The molecule has 18 heavy (non-hydrogen) atoms. The van der Waals surface area contributed by atoms with E-state index < -0.39 is 0 Å². The van der Waals surface area contributed by atoms with Crippen LogP contribution >= 0.6 is 0 Å². The van der Waals surface area contributed by atoms with Gasteiger partial charge in [0.05, 0.1) is 25.4 Å². The summed E-state index contributed by atoms with van der Waals surface area (Å²) in [4.78, 5) is 11.9. The Balaban J connectivity index is 2.09. The van der Waals surface area contributed by atoms with Crippen LogP contribution in [0.1, 0.15) is 16.1 Å². The van der Waals surface area contributed by atoms with Gasteiger partial charge in [0.15, 0.2) is 5.76 Å². The van der Waals surface area contributed by atoms with Crippen LogP contribution in [-0.4, -0.2) is 18.2 Å². The van der Waals surface area contributed by atoms with Gasteiger partial charge in [-0.3, -0.25) is 4.79 Å². The van der Waals surface area contributed by atoms with Crippen LogP contribution in [0, 0.1) is 0 Å². The van der Waals surface area contributed by atoms with Crippen LogP contribution in [0.25, 0.3) is 0 Å². The maximum absolute atomic E-state index is 11.9. The Morgan fingerprint density at radius 1 is 1.50 bits per heavy atom. The zero-order valence-electron chi connectivity index (χ0n) is 9.84. The molecule has 0 spiro atoms. The van der Waals surface area contributed by atoms with E-state index in [0.717, 1.165) is 0 Å². The van der Waals surface area contributed by atoms with Crippen LogP contribution in [0.2, 0.25) is 0 Å². The average Bonchev–Trinajstić information content (AvgIpc) is 2.88. The number of amides is 1. The summed E-state index contributed by atoms with van der Waals surface area (Å²) in [5, 5.41) is 6.25. The first kappa shape index (κ1) is 12.0. The minimum absolute atomic E-state index is 0.261. The third kappa shape index (κ3) is 2.60. The fourth-order valence-electron chi connectivity index (χ4n) is 1.49. The van der Waals surface area contributed by atoms with Crippen molar-refractivity contribution in [3.63, 3.8) is 0 Å². The molecule has 6 nitrogen and oxygen atoms in total. The lowest BCUT2D eigenvalue weighted by Crippen LogP contribution is -2.23. The van der Waals surface area contributed by atoms with E-state index in [4.69, 9.17) is 15.0 Å². The van der Waals surface area contributed by atoms with Crippen LogP contribution in [0.15, 0.2) is 35.0 Å². The van der Waals surface area contributed by atoms with Gasteiger partial charge in [0, 0.05) is 17.8 Å². The molecule has 1 amide bonds. The van der Waals surface area contributed by atoms with Gasteiger partial charge in [0.25, 0.3) is 5.91 Å². The van der Waals surface area contributed by atoms with Gasteiger partial charge in [-0.25, -0.2) is 0 Å². The Bertz CT molecular complexity index is 538. The molecule has 2 rings (SSSR count). The van der Waals surface area contributed by atoms with Gasteiger partial charge in [0.2, 0.25) is 0 Å². The molecule has 0 aliphatic carbocycles. The maximum atomic E-state index is 11.9. The van der Waals surface area contributed by atoms with Gasteiger partial charge >= 0.3 is 0 Å². The number of hydrogen-bond acceptors (Lipinski definition) is 5. The summed E-state index contributed by atoms with van der Waals surface area (Å²) in [7, 11) is 1.49. The van der Waals surface area contributed by atoms with Crippen molar-refractivity contribution in [2.45, 2.75) is 6.54 Å². The summed E-state index contributed by atoms with van der Waals surface area (Å²) < 4.78 is 9.99. The third-order valence-electron chi connectivity index (χ3n) is 2.38. The second-order valence-corrected chi connectivity index (χ2v) is 3.62. The molecule has 0 aliphatic rings.